The summed E-state index contributed by atoms with van der Waals surface area (Å²) < 4.78 is 10.8. The molecule has 1 aromatic carbocycles. The van der Waals surface area contributed by atoms with Crippen molar-refractivity contribution in [3.8, 4) is 11.5 Å². The smallest absolute Gasteiger partial charge is 0.255 e. The number of nitrogens with zero attached hydrogens (tertiary/aromatic N) is 2. The van der Waals surface area contributed by atoms with Crippen LogP contribution in [0.25, 0.3) is 0 Å². The molecule has 1 amide bonds. The van der Waals surface area contributed by atoms with Crippen LogP contribution in [0.2, 0.25) is 0 Å². The summed E-state index contributed by atoms with van der Waals surface area (Å²) in [4.78, 5) is 18.7. The second-order valence-corrected chi connectivity index (χ2v) is 5.51. The van der Waals surface area contributed by atoms with Crippen LogP contribution < -0.4 is 9.47 Å². The van der Waals surface area contributed by atoms with E-state index in [1.165, 1.54) is 0 Å². The highest BCUT2D eigenvalue weighted by molar-refractivity contribution is 5.94. The lowest BCUT2D eigenvalue weighted by atomic mass is 10.0. The molecule has 5 heteroatoms. The minimum Gasteiger partial charge on any atom is -0.497 e. The number of ether oxygens (including phenoxy) is 2. The molecule has 1 fully saturated rings. The molecule has 120 valence electrons. The lowest BCUT2D eigenvalue weighted by Gasteiger charge is -2.26. The maximum Gasteiger partial charge on any atom is 0.255 e. The van der Waals surface area contributed by atoms with Gasteiger partial charge in [0.1, 0.15) is 11.5 Å². The van der Waals surface area contributed by atoms with E-state index < -0.39 is 0 Å². The number of benzene rings is 1. The SMILES string of the molecule is COc1ccc(OC)c(C2CCCN2C(=O)c2cccnc2)c1. The summed E-state index contributed by atoms with van der Waals surface area (Å²) >= 11 is 0. The summed E-state index contributed by atoms with van der Waals surface area (Å²) in [5.74, 6) is 1.55. The first kappa shape index (κ1) is 15.3. The van der Waals surface area contributed by atoms with Gasteiger partial charge in [-0.15, -0.1) is 0 Å². The molecular weight excluding hydrogens is 292 g/mol. The summed E-state index contributed by atoms with van der Waals surface area (Å²) in [7, 11) is 3.28. The van der Waals surface area contributed by atoms with E-state index >= 15 is 0 Å². The van der Waals surface area contributed by atoms with Crippen molar-refractivity contribution in [2.45, 2.75) is 18.9 Å². The molecule has 3 rings (SSSR count). The Kier molecular flexibility index (Phi) is 4.46. The summed E-state index contributed by atoms with van der Waals surface area (Å²) in [5, 5.41) is 0. The molecule has 0 saturated carbocycles. The van der Waals surface area contributed by atoms with E-state index in [0.29, 0.717) is 5.56 Å². The molecule has 2 aromatic rings. The topological polar surface area (TPSA) is 51.7 Å². The molecule has 1 aromatic heterocycles. The highest BCUT2D eigenvalue weighted by atomic mass is 16.5. The van der Waals surface area contributed by atoms with Crippen LogP contribution >= 0.6 is 0 Å². The van der Waals surface area contributed by atoms with Crippen molar-refractivity contribution >= 4 is 5.91 Å². The average Bonchev–Trinajstić information content (AvgIpc) is 3.10. The Balaban J connectivity index is 1.94. The third kappa shape index (κ3) is 2.99. The van der Waals surface area contributed by atoms with Crippen molar-refractivity contribution in [1.29, 1.82) is 0 Å². The number of pyridine rings is 1. The first-order chi connectivity index (χ1) is 11.2. The lowest BCUT2D eigenvalue weighted by molar-refractivity contribution is 0.0733. The lowest BCUT2D eigenvalue weighted by Crippen LogP contribution is -2.30. The minimum absolute atomic E-state index is 0.00507. The summed E-state index contributed by atoms with van der Waals surface area (Å²) in [6.07, 6.45) is 5.16. The Morgan fingerprint density at radius 1 is 1.26 bits per heavy atom. The minimum atomic E-state index is -0.00671. The molecular formula is C18H20N2O3. The van der Waals surface area contributed by atoms with Gasteiger partial charge in [0.25, 0.3) is 5.91 Å². The predicted molar refractivity (Wildman–Crippen MR) is 86.8 cm³/mol. The number of amides is 1. The fourth-order valence-corrected chi connectivity index (χ4v) is 3.09. The second kappa shape index (κ2) is 6.69. The van der Waals surface area contributed by atoms with Crippen LogP contribution in [0.4, 0.5) is 0 Å². The molecule has 0 aliphatic carbocycles. The zero-order valence-electron chi connectivity index (χ0n) is 13.4. The Bertz CT molecular complexity index is 688. The molecule has 1 aliphatic rings. The van der Waals surface area contributed by atoms with Crippen molar-refractivity contribution < 1.29 is 14.3 Å². The number of hydrogen-bond donors (Lipinski definition) is 0. The molecule has 23 heavy (non-hydrogen) atoms. The highest BCUT2D eigenvalue weighted by Crippen LogP contribution is 2.39. The monoisotopic (exact) mass is 312 g/mol. The number of likely N-dealkylation sites (tertiary alicyclic amines) is 1. The molecule has 5 nitrogen and oxygen atoms in total. The van der Waals surface area contributed by atoms with Gasteiger partial charge in [0.05, 0.1) is 25.8 Å². The molecule has 0 bridgehead atoms. The third-order valence-corrected chi connectivity index (χ3v) is 4.22. The molecule has 1 saturated heterocycles. The van der Waals surface area contributed by atoms with E-state index in [0.717, 1.165) is 36.4 Å². The van der Waals surface area contributed by atoms with Crippen molar-refractivity contribution in [1.82, 2.24) is 9.88 Å². The number of methoxy groups -OCH3 is 2. The maximum atomic E-state index is 12.8. The van der Waals surface area contributed by atoms with Crippen LogP contribution in [0.3, 0.4) is 0 Å². The average molecular weight is 312 g/mol. The number of aromatic nitrogens is 1. The first-order valence-corrected chi connectivity index (χ1v) is 7.67. The predicted octanol–water partition coefficient (Wildman–Crippen LogP) is 3.08. The number of rotatable bonds is 4. The van der Waals surface area contributed by atoms with Crippen molar-refractivity contribution in [3.05, 3.63) is 53.9 Å². The van der Waals surface area contributed by atoms with E-state index in [9.17, 15) is 4.79 Å². The number of hydrogen-bond acceptors (Lipinski definition) is 4. The van der Waals surface area contributed by atoms with E-state index in [1.807, 2.05) is 23.1 Å². The van der Waals surface area contributed by atoms with Crippen LogP contribution in [0, 0.1) is 0 Å². The summed E-state index contributed by atoms with van der Waals surface area (Å²) in [6, 6.07) is 9.29. The standard InChI is InChI=1S/C18H20N2O3/c1-22-14-7-8-17(23-2)15(11-14)16-6-4-10-20(16)18(21)13-5-3-9-19-12-13/h3,5,7-9,11-12,16H,4,6,10H2,1-2H3. The van der Waals surface area contributed by atoms with Gasteiger partial charge in [-0.05, 0) is 43.2 Å². The van der Waals surface area contributed by atoms with Gasteiger partial charge in [0.15, 0.2) is 0 Å². The van der Waals surface area contributed by atoms with Gasteiger partial charge < -0.3 is 14.4 Å². The fraction of sp³-hybridized carbons (Fsp3) is 0.333. The zero-order chi connectivity index (χ0) is 16.2. The Hall–Kier alpha value is -2.56. The van der Waals surface area contributed by atoms with Crippen LogP contribution in [-0.2, 0) is 0 Å². The van der Waals surface area contributed by atoms with Gasteiger partial charge in [0.2, 0.25) is 0 Å². The van der Waals surface area contributed by atoms with Gasteiger partial charge >= 0.3 is 0 Å². The first-order valence-electron chi connectivity index (χ1n) is 7.67. The molecule has 2 heterocycles. The molecule has 1 atom stereocenters. The highest BCUT2D eigenvalue weighted by Gasteiger charge is 2.32. The largest absolute Gasteiger partial charge is 0.497 e. The Morgan fingerprint density at radius 3 is 2.83 bits per heavy atom. The Labute approximate surface area is 135 Å². The van der Waals surface area contributed by atoms with Gasteiger partial charge in [0, 0.05) is 24.5 Å². The molecule has 0 radical (unpaired) electrons. The van der Waals surface area contributed by atoms with E-state index in [-0.39, 0.29) is 11.9 Å². The summed E-state index contributed by atoms with van der Waals surface area (Å²) in [5.41, 5.74) is 1.60. The quantitative estimate of drug-likeness (QED) is 0.870. The zero-order valence-corrected chi connectivity index (χ0v) is 13.4. The molecule has 0 spiro atoms. The Morgan fingerprint density at radius 2 is 2.13 bits per heavy atom. The van der Waals surface area contributed by atoms with E-state index in [2.05, 4.69) is 4.98 Å². The number of carbonyl (C=O) groups is 1. The number of carbonyl (C=O) groups excluding carboxylic acids is 1. The van der Waals surface area contributed by atoms with E-state index in [1.54, 1.807) is 38.7 Å². The van der Waals surface area contributed by atoms with Gasteiger partial charge in [-0.3, -0.25) is 9.78 Å². The van der Waals surface area contributed by atoms with Crippen molar-refractivity contribution in [2.24, 2.45) is 0 Å². The van der Waals surface area contributed by atoms with Crippen LogP contribution in [-0.4, -0.2) is 36.6 Å². The van der Waals surface area contributed by atoms with Gasteiger partial charge in [-0.2, -0.15) is 0 Å². The summed E-state index contributed by atoms with van der Waals surface area (Å²) in [6.45, 7) is 0.735. The van der Waals surface area contributed by atoms with Crippen LogP contribution in [0.1, 0.15) is 34.8 Å². The molecule has 1 unspecified atom stereocenters. The van der Waals surface area contributed by atoms with E-state index in [4.69, 9.17) is 9.47 Å². The van der Waals surface area contributed by atoms with Gasteiger partial charge in [-0.25, -0.2) is 0 Å². The third-order valence-electron chi connectivity index (χ3n) is 4.22. The molecule has 1 aliphatic heterocycles. The fourth-order valence-electron chi connectivity index (χ4n) is 3.09. The van der Waals surface area contributed by atoms with Crippen molar-refractivity contribution in [3.63, 3.8) is 0 Å². The van der Waals surface area contributed by atoms with Crippen LogP contribution in [0.5, 0.6) is 11.5 Å². The molecule has 0 N–H and O–H groups in total. The van der Waals surface area contributed by atoms with Crippen LogP contribution in [0.15, 0.2) is 42.7 Å². The second-order valence-electron chi connectivity index (χ2n) is 5.51. The maximum absolute atomic E-state index is 12.8. The van der Waals surface area contributed by atoms with Crippen molar-refractivity contribution in [2.75, 3.05) is 20.8 Å². The van der Waals surface area contributed by atoms with Gasteiger partial charge in [-0.1, -0.05) is 0 Å². The normalized spacial score (nSPS) is 17.1.